The largest absolute Gasteiger partial charge is 0.294 e. The molecule has 0 aliphatic rings. The van der Waals surface area contributed by atoms with Crippen LogP contribution in [0.25, 0.3) is 10.8 Å². The van der Waals surface area contributed by atoms with Crippen molar-refractivity contribution in [2.45, 2.75) is 237 Å². The molecule has 0 atom stereocenters. The maximum atomic E-state index is 12.0. The zero-order valence-corrected chi connectivity index (χ0v) is 33.9. The highest BCUT2D eigenvalue weighted by atomic mass is 32.2. The van der Waals surface area contributed by atoms with Crippen molar-refractivity contribution >= 4 is 20.9 Å². The van der Waals surface area contributed by atoms with Gasteiger partial charge in [0, 0.05) is 0 Å². The highest BCUT2D eigenvalue weighted by Gasteiger charge is 2.14. The topological polar surface area (TPSA) is 54.4 Å². The normalized spacial score (nSPS) is 12.0. The van der Waals surface area contributed by atoms with E-state index in [-0.39, 0.29) is 4.90 Å². The van der Waals surface area contributed by atoms with Crippen LogP contribution in [0, 0.1) is 0 Å². The summed E-state index contributed by atoms with van der Waals surface area (Å²) in [7, 11) is -4.22. The molecule has 0 spiro atoms. The first kappa shape index (κ1) is 44.8. The van der Waals surface area contributed by atoms with Gasteiger partial charge in [0.15, 0.2) is 0 Å². The Morgan fingerprint density at radius 1 is 0.420 bits per heavy atom. The fraction of sp³-hybridized carbons (Fsp3) is 0.783. The van der Waals surface area contributed by atoms with Crippen molar-refractivity contribution in [3.8, 4) is 0 Å². The average molecular weight is 713 g/mol. The lowest BCUT2D eigenvalue weighted by Crippen LogP contribution is -2.01. The highest BCUT2D eigenvalue weighted by Crippen LogP contribution is 2.29. The summed E-state index contributed by atoms with van der Waals surface area (Å²) in [6, 6.07) is 9.52. The van der Waals surface area contributed by atoms with Gasteiger partial charge in [0.1, 0.15) is 0 Å². The van der Waals surface area contributed by atoms with Gasteiger partial charge >= 0.3 is 0 Å². The molecule has 0 bridgehead atoms. The van der Waals surface area contributed by atoms with Gasteiger partial charge in [-0.15, -0.1) is 0 Å². The fourth-order valence-electron chi connectivity index (χ4n) is 7.81. The van der Waals surface area contributed by atoms with Crippen LogP contribution in [0.4, 0.5) is 0 Å². The summed E-state index contributed by atoms with van der Waals surface area (Å²) >= 11 is 0. The van der Waals surface area contributed by atoms with E-state index in [1.165, 1.54) is 216 Å². The van der Waals surface area contributed by atoms with E-state index in [1.807, 2.05) is 6.07 Å². The molecule has 0 saturated heterocycles. The van der Waals surface area contributed by atoms with Crippen molar-refractivity contribution in [1.82, 2.24) is 0 Å². The van der Waals surface area contributed by atoms with Crippen LogP contribution in [0.15, 0.2) is 35.2 Å². The Kier molecular flexibility index (Phi) is 27.0. The molecule has 0 amide bonds. The number of unbranched alkanes of at least 4 members (excludes halogenated alkanes) is 30. The van der Waals surface area contributed by atoms with Crippen molar-refractivity contribution in [3.05, 3.63) is 41.5 Å². The second-order valence-electron chi connectivity index (χ2n) is 15.7. The fourth-order valence-corrected chi connectivity index (χ4v) is 8.32. The van der Waals surface area contributed by atoms with Crippen molar-refractivity contribution in [2.24, 2.45) is 0 Å². The molecule has 0 unspecified atom stereocenters. The molecular formula is C46H80O3S. The van der Waals surface area contributed by atoms with Gasteiger partial charge in [-0.05, 0) is 59.7 Å². The summed E-state index contributed by atoms with van der Waals surface area (Å²) in [6.45, 7) is 4.58. The van der Waals surface area contributed by atoms with Gasteiger partial charge in [0.05, 0.1) is 4.90 Å². The van der Waals surface area contributed by atoms with Gasteiger partial charge < -0.3 is 0 Å². The van der Waals surface area contributed by atoms with Crippen LogP contribution in [0.3, 0.4) is 0 Å². The van der Waals surface area contributed by atoms with Crippen LogP contribution in [0.5, 0.6) is 0 Å². The van der Waals surface area contributed by atoms with Crippen LogP contribution < -0.4 is 0 Å². The first-order valence-electron chi connectivity index (χ1n) is 22.0. The third-order valence-electron chi connectivity index (χ3n) is 11.1. The van der Waals surface area contributed by atoms with Gasteiger partial charge in [-0.3, -0.25) is 4.55 Å². The van der Waals surface area contributed by atoms with Gasteiger partial charge in [-0.2, -0.15) is 8.42 Å². The summed E-state index contributed by atoms with van der Waals surface area (Å²) in [5.74, 6) is 0. The lowest BCUT2D eigenvalue weighted by molar-refractivity contribution is 0.483. The zero-order chi connectivity index (χ0) is 36.0. The Labute approximate surface area is 311 Å². The predicted octanol–water partition coefficient (Wildman–Crippen LogP) is 15.7. The van der Waals surface area contributed by atoms with Gasteiger partial charge in [0.2, 0.25) is 0 Å². The van der Waals surface area contributed by atoms with E-state index in [1.54, 1.807) is 6.07 Å². The molecule has 2 aromatic carbocycles. The lowest BCUT2D eigenvalue weighted by atomic mass is 9.91. The van der Waals surface area contributed by atoms with Crippen LogP contribution in [-0.4, -0.2) is 13.0 Å². The Morgan fingerprint density at radius 3 is 1.10 bits per heavy atom. The highest BCUT2D eigenvalue weighted by molar-refractivity contribution is 7.85. The third-order valence-corrected chi connectivity index (χ3v) is 11.9. The van der Waals surface area contributed by atoms with Crippen molar-refractivity contribution in [1.29, 1.82) is 0 Å². The van der Waals surface area contributed by atoms with Crippen LogP contribution in [-0.2, 0) is 23.0 Å². The molecule has 50 heavy (non-hydrogen) atoms. The number of rotatable bonds is 35. The van der Waals surface area contributed by atoms with E-state index in [0.717, 1.165) is 30.0 Å². The average Bonchev–Trinajstić information content (AvgIpc) is 3.11. The molecule has 0 aliphatic carbocycles. The quantitative estimate of drug-likeness (QED) is 0.0572. The summed E-state index contributed by atoms with van der Waals surface area (Å²) in [5.41, 5.74) is 2.68. The molecule has 0 saturated carbocycles. The summed E-state index contributed by atoms with van der Waals surface area (Å²) < 4.78 is 33.7. The molecule has 0 radical (unpaired) electrons. The van der Waals surface area contributed by atoms with E-state index in [9.17, 15) is 13.0 Å². The number of aryl methyl sites for hydroxylation is 2. The van der Waals surface area contributed by atoms with E-state index in [4.69, 9.17) is 0 Å². The molecule has 1 N–H and O–H groups in total. The number of hydrogen-bond donors (Lipinski definition) is 1. The third kappa shape index (κ3) is 21.9. The molecule has 4 heteroatoms. The molecule has 288 valence electrons. The minimum absolute atomic E-state index is 0.0118. The molecule has 0 heterocycles. The molecule has 2 aromatic rings. The summed E-state index contributed by atoms with van der Waals surface area (Å²) in [6.07, 6.45) is 45.9. The first-order valence-corrected chi connectivity index (χ1v) is 23.4. The molecule has 2 rings (SSSR count). The van der Waals surface area contributed by atoms with E-state index < -0.39 is 10.1 Å². The Morgan fingerprint density at radius 2 is 0.740 bits per heavy atom. The summed E-state index contributed by atoms with van der Waals surface area (Å²) in [5, 5.41) is 2.08. The molecule has 0 fully saturated rings. The Hall–Kier alpha value is -1.39. The molecule has 0 aliphatic heterocycles. The molecule has 3 nitrogen and oxygen atoms in total. The van der Waals surface area contributed by atoms with Crippen molar-refractivity contribution in [3.63, 3.8) is 0 Å². The smallest absolute Gasteiger partial charge is 0.282 e. The second-order valence-corrected chi connectivity index (χ2v) is 17.1. The maximum Gasteiger partial charge on any atom is 0.294 e. The van der Waals surface area contributed by atoms with Gasteiger partial charge in [0.25, 0.3) is 10.1 Å². The van der Waals surface area contributed by atoms with Crippen LogP contribution in [0.2, 0.25) is 0 Å². The first-order chi connectivity index (χ1) is 24.5. The SMILES string of the molecule is CCCCCCCCCCCCCCCCCCc1ccc2ccc(S(=O)(=O)O)cc2c1CCCCCCCCCCCCCCCCCC. The minimum Gasteiger partial charge on any atom is -0.282 e. The number of hydrogen-bond acceptors (Lipinski definition) is 2. The number of fused-ring (bicyclic) bond motifs is 1. The van der Waals surface area contributed by atoms with E-state index in [0.29, 0.717) is 0 Å². The van der Waals surface area contributed by atoms with Gasteiger partial charge in [-0.1, -0.05) is 225 Å². The van der Waals surface area contributed by atoms with Crippen LogP contribution in [0.1, 0.15) is 230 Å². The molecular weight excluding hydrogens is 633 g/mol. The van der Waals surface area contributed by atoms with Crippen molar-refractivity contribution < 1.29 is 13.0 Å². The Balaban J connectivity index is 1.66. The van der Waals surface area contributed by atoms with Crippen molar-refractivity contribution in [2.75, 3.05) is 0 Å². The Bertz CT molecular complexity index is 1190. The van der Waals surface area contributed by atoms with Crippen LogP contribution >= 0.6 is 0 Å². The lowest BCUT2D eigenvalue weighted by Gasteiger charge is -2.14. The monoisotopic (exact) mass is 713 g/mol. The minimum atomic E-state index is -4.22. The van der Waals surface area contributed by atoms with E-state index in [2.05, 4.69) is 26.0 Å². The summed E-state index contributed by atoms with van der Waals surface area (Å²) in [4.78, 5) is 0.0118. The molecule has 0 aromatic heterocycles. The van der Waals surface area contributed by atoms with E-state index >= 15 is 0 Å². The number of benzene rings is 2. The standard InChI is InChI=1S/C46H80O3S/c1-3-5-7-9-11-13-15-17-19-21-23-25-27-29-31-33-35-42-37-38-43-39-40-44(50(47,48)49)41-46(43)45(42)36-34-32-30-28-26-24-22-20-18-16-14-12-10-8-6-4-2/h37-41H,3-36H2,1-2H3,(H,47,48,49). The maximum absolute atomic E-state index is 12.0. The zero-order valence-electron chi connectivity index (χ0n) is 33.1. The second kappa shape index (κ2) is 30.1. The van der Waals surface area contributed by atoms with Gasteiger partial charge in [-0.25, -0.2) is 0 Å². The predicted molar refractivity (Wildman–Crippen MR) is 220 cm³/mol.